The molecule has 1 N–H and O–H groups in total. The largest absolute Gasteiger partial charge is 0.489 e. The van der Waals surface area contributed by atoms with Crippen molar-refractivity contribution < 1.29 is 9.84 Å². The number of rotatable bonds is 7. The van der Waals surface area contributed by atoms with E-state index in [1.807, 2.05) is 17.3 Å². The van der Waals surface area contributed by atoms with Gasteiger partial charge in [0.2, 0.25) is 0 Å². The maximum Gasteiger partial charge on any atom is 0.138 e. The summed E-state index contributed by atoms with van der Waals surface area (Å²) in [7, 11) is 1.93. The minimum absolute atomic E-state index is 0.170. The number of ether oxygens (including phenoxy) is 1. The highest BCUT2D eigenvalue weighted by molar-refractivity contribution is 7.09. The van der Waals surface area contributed by atoms with Crippen molar-refractivity contribution in [3.63, 3.8) is 0 Å². The molecule has 21 heavy (non-hydrogen) atoms. The Balaban J connectivity index is 1.77. The van der Waals surface area contributed by atoms with Crippen molar-refractivity contribution in [3.05, 3.63) is 44.8 Å². The van der Waals surface area contributed by atoms with E-state index in [0.717, 1.165) is 5.01 Å². The molecule has 0 spiro atoms. The molecule has 0 radical (unpaired) electrons. The summed E-state index contributed by atoms with van der Waals surface area (Å²) in [4.78, 5) is 6.21. The summed E-state index contributed by atoms with van der Waals surface area (Å²) in [6.45, 7) is 1.37. The van der Waals surface area contributed by atoms with E-state index in [9.17, 15) is 5.11 Å². The van der Waals surface area contributed by atoms with Gasteiger partial charge < -0.3 is 9.84 Å². The molecule has 1 unspecified atom stereocenters. The molecule has 0 saturated carbocycles. The number of likely N-dealkylation sites (N-methyl/N-ethyl adjacent to an activating group) is 1. The Kier molecular flexibility index (Phi) is 6.26. The van der Waals surface area contributed by atoms with Crippen molar-refractivity contribution in [3.8, 4) is 5.75 Å². The van der Waals surface area contributed by atoms with Gasteiger partial charge in [-0.1, -0.05) is 23.2 Å². The molecule has 0 fully saturated rings. The van der Waals surface area contributed by atoms with Crippen LogP contribution in [0, 0.1) is 0 Å². The second-order valence-corrected chi connectivity index (χ2v) is 6.48. The van der Waals surface area contributed by atoms with Gasteiger partial charge in [-0.05, 0) is 25.2 Å². The second-order valence-electron chi connectivity index (χ2n) is 4.66. The van der Waals surface area contributed by atoms with Gasteiger partial charge in [0, 0.05) is 23.1 Å². The average Bonchev–Trinajstić information content (AvgIpc) is 2.90. The van der Waals surface area contributed by atoms with Crippen LogP contribution in [0.25, 0.3) is 0 Å². The molecule has 0 amide bonds. The normalized spacial score (nSPS) is 12.6. The molecule has 7 heteroatoms. The summed E-state index contributed by atoms with van der Waals surface area (Å²) in [5.74, 6) is 0.516. The van der Waals surface area contributed by atoms with E-state index >= 15 is 0 Å². The summed E-state index contributed by atoms with van der Waals surface area (Å²) >= 11 is 13.4. The fourth-order valence-corrected chi connectivity index (χ4v) is 2.98. The van der Waals surface area contributed by atoms with Crippen molar-refractivity contribution in [2.75, 3.05) is 20.2 Å². The van der Waals surface area contributed by atoms with E-state index in [1.54, 1.807) is 35.7 Å². The first kappa shape index (κ1) is 16.5. The van der Waals surface area contributed by atoms with E-state index in [4.69, 9.17) is 27.9 Å². The second kappa shape index (κ2) is 7.96. The molecule has 1 aromatic carbocycles. The van der Waals surface area contributed by atoms with Crippen LogP contribution in [0.2, 0.25) is 10.0 Å². The fourth-order valence-electron chi connectivity index (χ4n) is 1.82. The lowest BCUT2D eigenvalue weighted by Gasteiger charge is -2.20. The third-order valence-corrected chi connectivity index (χ3v) is 4.03. The average molecular weight is 347 g/mol. The van der Waals surface area contributed by atoms with Gasteiger partial charge in [0.05, 0.1) is 11.6 Å². The highest BCUT2D eigenvalue weighted by Crippen LogP contribution is 2.27. The Morgan fingerprint density at radius 1 is 1.43 bits per heavy atom. The van der Waals surface area contributed by atoms with Gasteiger partial charge in [-0.25, -0.2) is 4.98 Å². The third-order valence-electron chi connectivity index (χ3n) is 2.74. The maximum absolute atomic E-state index is 10.0. The van der Waals surface area contributed by atoms with Gasteiger partial charge in [0.15, 0.2) is 0 Å². The van der Waals surface area contributed by atoms with E-state index in [2.05, 4.69) is 4.98 Å². The van der Waals surface area contributed by atoms with Crippen LogP contribution in [0.4, 0.5) is 0 Å². The number of benzene rings is 1. The molecule has 0 aliphatic carbocycles. The van der Waals surface area contributed by atoms with Crippen LogP contribution in [-0.4, -0.2) is 41.3 Å². The number of hydrogen-bond donors (Lipinski definition) is 1. The lowest BCUT2D eigenvalue weighted by Crippen LogP contribution is -2.32. The minimum atomic E-state index is -0.610. The molecule has 0 aliphatic rings. The summed E-state index contributed by atoms with van der Waals surface area (Å²) < 4.78 is 5.51. The summed E-state index contributed by atoms with van der Waals surface area (Å²) in [5.41, 5.74) is 0. The Labute approximate surface area is 137 Å². The molecule has 2 rings (SSSR count). The first-order valence-corrected chi connectivity index (χ1v) is 8.01. The number of halogens is 2. The lowest BCUT2D eigenvalue weighted by atomic mass is 10.3. The van der Waals surface area contributed by atoms with E-state index in [1.165, 1.54) is 0 Å². The van der Waals surface area contributed by atoms with Gasteiger partial charge in [0.25, 0.3) is 0 Å². The van der Waals surface area contributed by atoms with Crippen LogP contribution in [-0.2, 0) is 6.54 Å². The molecule has 1 atom stereocenters. The van der Waals surface area contributed by atoms with Crippen molar-refractivity contribution in [1.29, 1.82) is 0 Å². The van der Waals surface area contributed by atoms with E-state index in [0.29, 0.717) is 28.9 Å². The zero-order chi connectivity index (χ0) is 15.2. The van der Waals surface area contributed by atoms with Gasteiger partial charge in [-0.3, -0.25) is 4.90 Å². The molecule has 114 valence electrons. The number of nitrogens with zero attached hydrogens (tertiary/aromatic N) is 2. The van der Waals surface area contributed by atoms with Crippen molar-refractivity contribution >= 4 is 34.5 Å². The SMILES string of the molecule is CN(Cc1nccs1)CC(O)COc1ccc(Cl)cc1Cl. The van der Waals surface area contributed by atoms with Crippen LogP contribution < -0.4 is 4.74 Å². The van der Waals surface area contributed by atoms with Crippen LogP contribution in [0.1, 0.15) is 5.01 Å². The number of aliphatic hydroxyl groups is 1. The zero-order valence-electron chi connectivity index (χ0n) is 11.5. The number of hydrogen-bond acceptors (Lipinski definition) is 5. The summed E-state index contributed by atoms with van der Waals surface area (Å²) in [5, 5.41) is 13.9. The molecule has 4 nitrogen and oxygen atoms in total. The van der Waals surface area contributed by atoms with Crippen molar-refractivity contribution in [2.24, 2.45) is 0 Å². The quantitative estimate of drug-likeness (QED) is 0.835. The number of thiazole rings is 1. The predicted molar refractivity (Wildman–Crippen MR) is 86.4 cm³/mol. The molecule has 1 heterocycles. The van der Waals surface area contributed by atoms with Crippen molar-refractivity contribution in [2.45, 2.75) is 12.6 Å². The van der Waals surface area contributed by atoms with Gasteiger partial charge >= 0.3 is 0 Å². The summed E-state index contributed by atoms with van der Waals surface area (Å²) in [6, 6.07) is 5.00. The Hall–Kier alpha value is -0.850. The predicted octanol–water partition coefficient (Wildman–Crippen LogP) is 3.32. The standard InChI is InChI=1S/C14H16Cl2N2O2S/c1-18(8-14-17-4-5-21-14)7-11(19)9-20-13-3-2-10(15)6-12(13)16/h2-6,11,19H,7-9H2,1H3. The first-order valence-electron chi connectivity index (χ1n) is 6.37. The van der Waals surface area contributed by atoms with Crippen LogP contribution in [0.5, 0.6) is 5.75 Å². The fraction of sp³-hybridized carbons (Fsp3) is 0.357. The highest BCUT2D eigenvalue weighted by Gasteiger charge is 2.11. The smallest absolute Gasteiger partial charge is 0.138 e. The Bertz CT molecular complexity index is 566. The number of aromatic nitrogens is 1. The van der Waals surface area contributed by atoms with Crippen LogP contribution in [0.15, 0.2) is 29.8 Å². The van der Waals surface area contributed by atoms with Crippen molar-refractivity contribution in [1.82, 2.24) is 9.88 Å². The molecular formula is C14H16Cl2N2O2S. The molecule has 2 aromatic rings. The third kappa shape index (κ3) is 5.45. The topological polar surface area (TPSA) is 45.6 Å². The monoisotopic (exact) mass is 346 g/mol. The zero-order valence-corrected chi connectivity index (χ0v) is 13.8. The summed E-state index contributed by atoms with van der Waals surface area (Å²) in [6.07, 6.45) is 1.16. The molecule has 0 bridgehead atoms. The first-order chi connectivity index (χ1) is 10.0. The van der Waals surface area contributed by atoms with Crippen LogP contribution in [0.3, 0.4) is 0 Å². The molecule has 1 aromatic heterocycles. The van der Waals surface area contributed by atoms with Gasteiger partial charge in [-0.15, -0.1) is 11.3 Å². The molecule has 0 aliphatic heterocycles. The van der Waals surface area contributed by atoms with Gasteiger partial charge in [0.1, 0.15) is 23.5 Å². The number of aliphatic hydroxyl groups excluding tert-OH is 1. The minimum Gasteiger partial charge on any atom is -0.489 e. The van der Waals surface area contributed by atoms with Crippen LogP contribution >= 0.6 is 34.5 Å². The molecular weight excluding hydrogens is 331 g/mol. The Morgan fingerprint density at radius 2 is 2.24 bits per heavy atom. The Morgan fingerprint density at radius 3 is 2.90 bits per heavy atom. The van der Waals surface area contributed by atoms with Gasteiger partial charge in [-0.2, -0.15) is 0 Å². The van der Waals surface area contributed by atoms with E-state index in [-0.39, 0.29) is 6.61 Å². The van der Waals surface area contributed by atoms with E-state index < -0.39 is 6.10 Å². The highest BCUT2D eigenvalue weighted by atomic mass is 35.5. The molecule has 0 saturated heterocycles. The maximum atomic E-state index is 10.0. The lowest BCUT2D eigenvalue weighted by molar-refractivity contribution is 0.0744.